The van der Waals surface area contributed by atoms with Crippen molar-refractivity contribution in [2.24, 2.45) is 5.41 Å². The maximum absolute atomic E-state index is 14.2. The van der Waals surface area contributed by atoms with Crippen molar-refractivity contribution in [1.29, 1.82) is 5.26 Å². The van der Waals surface area contributed by atoms with Gasteiger partial charge in [0.1, 0.15) is 17.4 Å². The largest absolute Gasteiger partial charge is 0.460 e. The molecule has 0 spiro atoms. The molecule has 8 nitrogen and oxygen atoms in total. The van der Waals surface area contributed by atoms with E-state index in [-0.39, 0.29) is 40.3 Å². The van der Waals surface area contributed by atoms with Gasteiger partial charge in [0, 0.05) is 18.8 Å². The predicted octanol–water partition coefficient (Wildman–Crippen LogP) is 5.02. The average Bonchev–Trinajstić information content (AvgIpc) is 3.19. The number of hydrogen-bond acceptors (Lipinski definition) is 7. The molecule has 3 aromatic rings. The molecule has 1 aliphatic rings. The number of nitrogens with zero attached hydrogens (tertiary/aromatic N) is 6. The van der Waals surface area contributed by atoms with Gasteiger partial charge in [-0.15, -0.1) is 0 Å². The Hall–Kier alpha value is -3.68. The van der Waals surface area contributed by atoms with E-state index in [1.807, 2.05) is 19.9 Å². The highest BCUT2D eigenvalue weighted by atomic mass is 19.4. The van der Waals surface area contributed by atoms with Crippen molar-refractivity contribution in [1.82, 2.24) is 19.6 Å². The standard InChI is InChI=1S/C25H27F3N6O2/c1-15-12-24(5,22(35)36-23(2,3)4)7-9-33(15)21-20-17(25(26,27)28)11-19(34(20)32-14-31-21)18-10-16(13-29)6-8-30-18/h6,8,10-11,14-15H,7,9,12H2,1-5H3/t15-,24-/m0/s1. The second kappa shape index (κ2) is 8.76. The molecule has 0 aliphatic carbocycles. The number of rotatable bonds is 3. The Bertz CT molecular complexity index is 1350. The minimum Gasteiger partial charge on any atom is -0.460 e. The van der Waals surface area contributed by atoms with Gasteiger partial charge in [0.2, 0.25) is 0 Å². The third-order valence-electron chi connectivity index (χ3n) is 6.34. The van der Waals surface area contributed by atoms with E-state index in [4.69, 9.17) is 4.74 Å². The van der Waals surface area contributed by atoms with Gasteiger partial charge < -0.3 is 9.64 Å². The molecular formula is C25H27F3N6O2. The Balaban J connectivity index is 1.79. The number of halogens is 3. The van der Waals surface area contributed by atoms with Crippen LogP contribution in [0.2, 0.25) is 0 Å². The predicted molar refractivity (Wildman–Crippen MR) is 126 cm³/mol. The van der Waals surface area contributed by atoms with Gasteiger partial charge in [-0.1, -0.05) is 0 Å². The smallest absolute Gasteiger partial charge is 0.418 e. The van der Waals surface area contributed by atoms with Crippen LogP contribution < -0.4 is 4.90 Å². The fourth-order valence-electron chi connectivity index (χ4n) is 4.63. The van der Waals surface area contributed by atoms with Gasteiger partial charge in [-0.2, -0.15) is 23.5 Å². The average molecular weight is 501 g/mol. The third-order valence-corrected chi connectivity index (χ3v) is 6.34. The van der Waals surface area contributed by atoms with Gasteiger partial charge in [0.05, 0.1) is 34.0 Å². The second-order valence-corrected chi connectivity index (χ2v) is 10.4. The lowest BCUT2D eigenvalue weighted by Crippen LogP contribution is -2.49. The first kappa shape index (κ1) is 25.4. The fraction of sp³-hybridized carbons (Fsp3) is 0.480. The summed E-state index contributed by atoms with van der Waals surface area (Å²) >= 11 is 0. The van der Waals surface area contributed by atoms with Crippen molar-refractivity contribution in [2.75, 3.05) is 11.4 Å². The molecule has 4 rings (SSSR count). The minimum atomic E-state index is -4.68. The van der Waals surface area contributed by atoms with Crippen LogP contribution in [0, 0.1) is 16.7 Å². The van der Waals surface area contributed by atoms with Gasteiger partial charge in [0.15, 0.2) is 5.82 Å². The van der Waals surface area contributed by atoms with Gasteiger partial charge >= 0.3 is 12.1 Å². The highest BCUT2D eigenvalue weighted by molar-refractivity contribution is 5.81. The molecule has 2 atom stereocenters. The lowest BCUT2D eigenvalue weighted by molar-refractivity contribution is -0.168. The normalized spacial score (nSPS) is 20.9. The van der Waals surface area contributed by atoms with Gasteiger partial charge in [-0.25, -0.2) is 9.50 Å². The maximum Gasteiger partial charge on any atom is 0.418 e. The van der Waals surface area contributed by atoms with Crippen LogP contribution in [-0.4, -0.2) is 43.7 Å². The second-order valence-electron chi connectivity index (χ2n) is 10.4. The van der Waals surface area contributed by atoms with Crippen LogP contribution in [0.5, 0.6) is 0 Å². The number of hydrogen-bond donors (Lipinski definition) is 0. The first-order valence-corrected chi connectivity index (χ1v) is 11.5. The van der Waals surface area contributed by atoms with Crippen molar-refractivity contribution in [3.05, 3.63) is 41.9 Å². The zero-order chi connectivity index (χ0) is 26.5. The van der Waals surface area contributed by atoms with E-state index >= 15 is 0 Å². The molecule has 190 valence electrons. The molecule has 0 unspecified atom stereocenters. The highest BCUT2D eigenvalue weighted by Crippen LogP contribution is 2.43. The number of anilines is 1. The number of alkyl halides is 3. The highest BCUT2D eigenvalue weighted by Gasteiger charge is 2.44. The van der Waals surface area contributed by atoms with Crippen molar-refractivity contribution < 1.29 is 22.7 Å². The number of aromatic nitrogens is 4. The monoisotopic (exact) mass is 500 g/mol. The summed E-state index contributed by atoms with van der Waals surface area (Å²) in [4.78, 5) is 23.1. The number of ether oxygens (including phenoxy) is 1. The summed E-state index contributed by atoms with van der Waals surface area (Å²) in [5.41, 5.74) is -1.95. The van der Waals surface area contributed by atoms with Crippen LogP contribution in [0.4, 0.5) is 19.0 Å². The van der Waals surface area contributed by atoms with Crippen LogP contribution in [-0.2, 0) is 15.7 Å². The Labute approximate surface area is 206 Å². The molecule has 3 aromatic heterocycles. The molecule has 11 heteroatoms. The van der Waals surface area contributed by atoms with Crippen molar-refractivity contribution >= 4 is 17.3 Å². The summed E-state index contributed by atoms with van der Waals surface area (Å²) in [7, 11) is 0. The maximum atomic E-state index is 14.2. The van der Waals surface area contributed by atoms with Crippen LogP contribution in [0.3, 0.4) is 0 Å². The number of piperidine rings is 1. The Morgan fingerprint density at radius 3 is 2.58 bits per heavy atom. The molecule has 1 saturated heterocycles. The number of nitriles is 1. The molecule has 36 heavy (non-hydrogen) atoms. The van der Waals surface area contributed by atoms with Crippen LogP contribution in [0.1, 0.15) is 58.6 Å². The molecule has 0 N–H and O–H groups in total. The molecule has 0 saturated carbocycles. The molecule has 0 amide bonds. The van der Waals surface area contributed by atoms with E-state index in [0.29, 0.717) is 19.4 Å². The number of pyridine rings is 1. The van der Waals surface area contributed by atoms with Crippen LogP contribution >= 0.6 is 0 Å². The topological polar surface area (TPSA) is 96.4 Å². The summed E-state index contributed by atoms with van der Waals surface area (Å²) in [6.45, 7) is 9.39. The first-order chi connectivity index (χ1) is 16.7. The molecule has 4 heterocycles. The number of esters is 1. The fourth-order valence-corrected chi connectivity index (χ4v) is 4.63. The van der Waals surface area contributed by atoms with Crippen molar-refractivity contribution in [2.45, 2.75) is 65.3 Å². The molecular weight excluding hydrogens is 473 g/mol. The summed E-state index contributed by atoms with van der Waals surface area (Å²) < 4.78 is 49.4. The van der Waals surface area contributed by atoms with E-state index in [9.17, 15) is 23.2 Å². The SMILES string of the molecule is C[C@H]1C[C@@](C)(C(=O)OC(C)(C)C)CCN1c1ncnn2c(-c3cc(C#N)ccn3)cc(C(F)(F)F)c12. The van der Waals surface area contributed by atoms with Crippen molar-refractivity contribution in [3.63, 3.8) is 0 Å². The Kier molecular flexibility index (Phi) is 6.19. The van der Waals surface area contributed by atoms with Crippen molar-refractivity contribution in [3.8, 4) is 17.5 Å². The summed E-state index contributed by atoms with van der Waals surface area (Å²) in [5.74, 6) is -0.197. The van der Waals surface area contributed by atoms with E-state index < -0.39 is 22.8 Å². The quantitative estimate of drug-likeness (QED) is 0.466. The first-order valence-electron chi connectivity index (χ1n) is 11.5. The molecule has 0 bridgehead atoms. The summed E-state index contributed by atoms with van der Waals surface area (Å²) in [5, 5.41) is 13.3. The zero-order valence-corrected chi connectivity index (χ0v) is 20.7. The summed E-state index contributed by atoms with van der Waals surface area (Å²) in [6, 6.07) is 5.55. The van der Waals surface area contributed by atoms with Gasteiger partial charge in [0.25, 0.3) is 0 Å². The molecule has 1 fully saturated rings. The Morgan fingerprint density at radius 1 is 1.25 bits per heavy atom. The lowest BCUT2D eigenvalue weighted by atomic mass is 9.77. The number of carbonyl (C=O) groups is 1. The van der Waals surface area contributed by atoms with E-state index in [2.05, 4.69) is 15.1 Å². The number of fused-ring (bicyclic) bond motifs is 1. The minimum absolute atomic E-state index is 0.0985. The summed E-state index contributed by atoms with van der Waals surface area (Å²) in [6.07, 6.45) is -1.33. The molecule has 0 radical (unpaired) electrons. The van der Waals surface area contributed by atoms with Crippen LogP contribution in [0.15, 0.2) is 30.7 Å². The zero-order valence-electron chi connectivity index (χ0n) is 20.7. The van der Waals surface area contributed by atoms with Gasteiger partial charge in [-0.3, -0.25) is 9.78 Å². The molecule has 0 aromatic carbocycles. The third kappa shape index (κ3) is 4.72. The number of carbonyl (C=O) groups excluding carboxylic acids is 1. The van der Waals surface area contributed by atoms with Crippen LogP contribution in [0.25, 0.3) is 16.9 Å². The lowest BCUT2D eigenvalue weighted by Gasteiger charge is -2.43. The van der Waals surface area contributed by atoms with E-state index in [1.165, 1.54) is 29.2 Å². The van der Waals surface area contributed by atoms with E-state index in [1.54, 1.807) is 25.7 Å². The molecule has 1 aliphatic heterocycles. The van der Waals surface area contributed by atoms with E-state index in [0.717, 1.165) is 6.07 Å². The Morgan fingerprint density at radius 2 is 1.97 bits per heavy atom. The van der Waals surface area contributed by atoms with Gasteiger partial charge in [-0.05, 0) is 65.7 Å².